The number of carbonyl (C=O) groups excluding carboxylic acids is 1. The fourth-order valence-corrected chi connectivity index (χ4v) is 3.21. The molecule has 0 saturated heterocycles. The number of nitrogens with zero attached hydrogens (tertiary/aromatic N) is 3. The summed E-state index contributed by atoms with van der Waals surface area (Å²) in [6.07, 6.45) is 8.03. The van der Waals surface area contributed by atoms with Gasteiger partial charge in [0.1, 0.15) is 5.75 Å². The van der Waals surface area contributed by atoms with Crippen LogP contribution in [0.4, 0.5) is 0 Å². The molecule has 0 spiro atoms. The minimum atomic E-state index is -0.211. The Balaban J connectivity index is 1.75. The van der Waals surface area contributed by atoms with Crippen LogP contribution in [0, 0.1) is 0 Å². The van der Waals surface area contributed by atoms with Crippen molar-refractivity contribution in [1.82, 2.24) is 19.9 Å². The first-order valence-electron chi connectivity index (χ1n) is 8.62. The number of amides is 1. The molecule has 0 bridgehead atoms. The van der Waals surface area contributed by atoms with E-state index in [1.807, 2.05) is 59.3 Å². The van der Waals surface area contributed by atoms with Crippen LogP contribution >= 0.6 is 11.8 Å². The molecule has 6 nitrogen and oxygen atoms in total. The summed E-state index contributed by atoms with van der Waals surface area (Å²) in [5.41, 5.74) is 1.67. The first-order chi connectivity index (χ1) is 13.2. The van der Waals surface area contributed by atoms with Gasteiger partial charge in [-0.3, -0.25) is 9.20 Å². The number of benzene rings is 1. The smallest absolute Gasteiger partial charge is 0.244 e. The summed E-state index contributed by atoms with van der Waals surface area (Å²) in [6, 6.07) is 13.1. The summed E-state index contributed by atoms with van der Waals surface area (Å²) in [5.74, 6) is 2.23. The normalized spacial score (nSPS) is 12.4. The standard InChI is InChI=1S/C20H22N4O2S/c1-26-16-7-5-6-15(14-16)9-10-19(25)21-17(11-13-27-2)20-23-22-18-8-3-4-12-24(18)20/h3-10,12,14,17H,11,13H2,1-2H3,(H,21,25). The SMILES string of the molecule is COc1cccc(C=CC(=O)NC(CCSC)c2nnc3ccccn23)c1. The molecule has 0 radical (unpaired) electrons. The van der Waals surface area contributed by atoms with E-state index in [4.69, 9.17) is 4.74 Å². The van der Waals surface area contributed by atoms with Gasteiger partial charge in [-0.25, -0.2) is 0 Å². The molecule has 0 saturated carbocycles. The molecular formula is C20H22N4O2S. The van der Waals surface area contributed by atoms with E-state index in [1.165, 1.54) is 6.08 Å². The third-order valence-electron chi connectivity index (χ3n) is 4.10. The molecule has 0 aliphatic carbocycles. The third kappa shape index (κ3) is 4.89. The largest absolute Gasteiger partial charge is 0.497 e. The van der Waals surface area contributed by atoms with Crippen LogP contribution in [0.25, 0.3) is 11.7 Å². The summed E-state index contributed by atoms with van der Waals surface area (Å²) < 4.78 is 7.12. The molecule has 3 rings (SSSR count). The summed E-state index contributed by atoms with van der Waals surface area (Å²) >= 11 is 1.73. The predicted octanol–water partition coefficient (Wildman–Crippen LogP) is 3.36. The maximum Gasteiger partial charge on any atom is 0.244 e. The van der Waals surface area contributed by atoms with Crippen molar-refractivity contribution in [3.05, 3.63) is 66.1 Å². The number of nitrogens with one attached hydrogen (secondary N) is 1. The minimum Gasteiger partial charge on any atom is -0.497 e. The van der Waals surface area contributed by atoms with Crippen molar-refractivity contribution in [3.8, 4) is 5.75 Å². The van der Waals surface area contributed by atoms with E-state index in [9.17, 15) is 4.79 Å². The van der Waals surface area contributed by atoms with Crippen LogP contribution in [-0.2, 0) is 4.79 Å². The molecule has 2 aromatic heterocycles. The van der Waals surface area contributed by atoms with Gasteiger partial charge in [0, 0.05) is 12.3 Å². The number of hydrogen-bond acceptors (Lipinski definition) is 5. The number of ether oxygens (including phenoxy) is 1. The van der Waals surface area contributed by atoms with Gasteiger partial charge in [0.15, 0.2) is 11.5 Å². The van der Waals surface area contributed by atoms with Crippen molar-refractivity contribution in [2.45, 2.75) is 12.5 Å². The maximum atomic E-state index is 12.5. The van der Waals surface area contributed by atoms with Crippen LogP contribution in [0.5, 0.6) is 5.75 Å². The van der Waals surface area contributed by atoms with Crippen LogP contribution < -0.4 is 10.1 Å². The minimum absolute atomic E-state index is 0.170. The molecule has 2 heterocycles. The number of methoxy groups -OCH3 is 1. The molecule has 1 atom stereocenters. The number of hydrogen-bond donors (Lipinski definition) is 1. The number of aromatic nitrogens is 3. The molecule has 27 heavy (non-hydrogen) atoms. The Morgan fingerprint density at radius 3 is 3.00 bits per heavy atom. The van der Waals surface area contributed by atoms with Gasteiger partial charge in [0.2, 0.25) is 5.91 Å². The number of rotatable bonds is 8. The fourth-order valence-electron chi connectivity index (χ4n) is 2.74. The lowest BCUT2D eigenvalue weighted by molar-refractivity contribution is -0.117. The van der Waals surface area contributed by atoms with E-state index in [0.717, 1.165) is 35.0 Å². The molecule has 140 valence electrons. The van der Waals surface area contributed by atoms with Crippen LogP contribution in [0.1, 0.15) is 23.9 Å². The second kappa shape index (κ2) is 9.23. The Morgan fingerprint density at radius 2 is 2.19 bits per heavy atom. The predicted molar refractivity (Wildman–Crippen MR) is 109 cm³/mol. The van der Waals surface area contributed by atoms with E-state index in [1.54, 1.807) is 24.9 Å². The van der Waals surface area contributed by atoms with Gasteiger partial charge in [-0.15, -0.1) is 10.2 Å². The highest BCUT2D eigenvalue weighted by Gasteiger charge is 2.19. The topological polar surface area (TPSA) is 68.5 Å². The Hall–Kier alpha value is -2.80. The van der Waals surface area contributed by atoms with E-state index in [0.29, 0.717) is 0 Å². The lowest BCUT2D eigenvalue weighted by Gasteiger charge is -2.16. The molecule has 7 heteroatoms. The van der Waals surface area contributed by atoms with Gasteiger partial charge in [-0.2, -0.15) is 11.8 Å². The molecule has 1 unspecified atom stereocenters. The van der Waals surface area contributed by atoms with Crippen LogP contribution in [0.15, 0.2) is 54.7 Å². The van der Waals surface area contributed by atoms with Gasteiger partial charge in [-0.1, -0.05) is 18.2 Å². The lowest BCUT2D eigenvalue weighted by Crippen LogP contribution is -2.29. The van der Waals surface area contributed by atoms with Gasteiger partial charge >= 0.3 is 0 Å². The fraction of sp³-hybridized carbons (Fsp3) is 0.250. The Labute approximate surface area is 162 Å². The summed E-state index contributed by atoms with van der Waals surface area (Å²) in [7, 11) is 1.62. The third-order valence-corrected chi connectivity index (χ3v) is 4.74. The molecule has 0 aliphatic heterocycles. The quantitative estimate of drug-likeness (QED) is 0.605. The van der Waals surface area contributed by atoms with Crippen molar-refractivity contribution in [2.24, 2.45) is 0 Å². The van der Waals surface area contributed by atoms with Crippen LogP contribution in [0.3, 0.4) is 0 Å². The van der Waals surface area contributed by atoms with E-state index < -0.39 is 0 Å². The summed E-state index contributed by atoms with van der Waals surface area (Å²) in [5, 5.41) is 11.5. The van der Waals surface area contributed by atoms with Crippen molar-refractivity contribution in [1.29, 1.82) is 0 Å². The van der Waals surface area contributed by atoms with Gasteiger partial charge in [0.25, 0.3) is 0 Å². The van der Waals surface area contributed by atoms with Crippen molar-refractivity contribution in [2.75, 3.05) is 19.1 Å². The second-order valence-electron chi connectivity index (χ2n) is 5.94. The second-order valence-corrected chi connectivity index (χ2v) is 6.93. The zero-order chi connectivity index (χ0) is 19.1. The van der Waals surface area contributed by atoms with E-state index in [-0.39, 0.29) is 11.9 Å². The first-order valence-corrected chi connectivity index (χ1v) is 10.0. The Kier molecular flexibility index (Phi) is 6.49. The zero-order valence-corrected chi connectivity index (χ0v) is 16.1. The number of carbonyl (C=O) groups is 1. The van der Waals surface area contributed by atoms with E-state index >= 15 is 0 Å². The Bertz CT molecular complexity index is 938. The first kappa shape index (κ1) is 19.0. The lowest BCUT2D eigenvalue weighted by atomic mass is 10.2. The average Bonchev–Trinajstić information content (AvgIpc) is 3.14. The molecule has 0 aliphatic rings. The van der Waals surface area contributed by atoms with Gasteiger partial charge in [0.05, 0.1) is 13.2 Å². The van der Waals surface area contributed by atoms with Crippen molar-refractivity contribution in [3.63, 3.8) is 0 Å². The Morgan fingerprint density at radius 1 is 1.30 bits per heavy atom. The molecular weight excluding hydrogens is 360 g/mol. The summed E-state index contributed by atoms with van der Waals surface area (Å²) in [4.78, 5) is 12.5. The van der Waals surface area contributed by atoms with Crippen molar-refractivity contribution >= 4 is 29.4 Å². The molecule has 1 aromatic carbocycles. The average molecular weight is 382 g/mol. The van der Waals surface area contributed by atoms with Crippen molar-refractivity contribution < 1.29 is 9.53 Å². The highest BCUT2D eigenvalue weighted by atomic mass is 32.2. The zero-order valence-electron chi connectivity index (χ0n) is 15.3. The number of thioether (sulfide) groups is 1. The number of fused-ring (bicyclic) bond motifs is 1. The van der Waals surface area contributed by atoms with Gasteiger partial charge in [-0.05, 0) is 54.3 Å². The van der Waals surface area contributed by atoms with Gasteiger partial charge < -0.3 is 10.1 Å². The van der Waals surface area contributed by atoms with E-state index in [2.05, 4.69) is 15.5 Å². The number of pyridine rings is 1. The van der Waals surface area contributed by atoms with Crippen LogP contribution in [0.2, 0.25) is 0 Å². The molecule has 3 aromatic rings. The molecule has 1 amide bonds. The monoisotopic (exact) mass is 382 g/mol. The molecule has 1 N–H and O–H groups in total. The highest BCUT2D eigenvalue weighted by Crippen LogP contribution is 2.18. The molecule has 0 fully saturated rings. The highest BCUT2D eigenvalue weighted by molar-refractivity contribution is 7.98. The summed E-state index contributed by atoms with van der Waals surface area (Å²) in [6.45, 7) is 0. The van der Waals surface area contributed by atoms with Crippen LogP contribution in [-0.4, -0.2) is 39.6 Å². The maximum absolute atomic E-state index is 12.5.